The Labute approximate surface area is 377 Å². The van der Waals surface area contributed by atoms with E-state index in [0.29, 0.717) is 35.7 Å². The summed E-state index contributed by atoms with van der Waals surface area (Å²) in [5.41, 5.74) is 3.80. The molecule has 0 spiro atoms. The maximum Gasteiger partial charge on any atom is 0.306 e. The number of phenolic OH excluding ortho intramolecular Hbond substituents is 1. The number of carbonyl (C=O) groups is 1. The quantitative estimate of drug-likeness (QED) is 0.0521. The van der Waals surface area contributed by atoms with Crippen molar-refractivity contribution in [3.8, 4) is 17.2 Å². The molecule has 0 bridgehead atoms. The van der Waals surface area contributed by atoms with Gasteiger partial charge in [0.15, 0.2) is 0 Å². The number of rotatable bonds is 23. The monoisotopic (exact) mass is 852 g/mol. The first kappa shape index (κ1) is 48.2. The minimum Gasteiger partial charge on any atom is -0.507 e. The van der Waals surface area contributed by atoms with Crippen molar-refractivity contribution in [2.24, 2.45) is 63.2 Å². The Hall–Kier alpha value is -3.28. The number of esters is 1. The van der Waals surface area contributed by atoms with Crippen LogP contribution in [0.3, 0.4) is 0 Å². The fourth-order valence-corrected chi connectivity index (χ4v) is 12.6. The molecule has 0 aliphatic heterocycles. The SMILES string of the molecule is CC(C)CCCC(C)CCOc1ccc(N=Cc2ccc(OCCCCCC(=O)O[C@H]3CC[C@@]4(C)C(=CC[C@H]5[C@@H]6CC[C@H]([C@H](C)CCCC(C)C)[C@@]6(C)CC[C@@H]54)C3)cc2O)cc1. The Morgan fingerprint density at radius 3 is 2.24 bits per heavy atom. The van der Waals surface area contributed by atoms with Crippen molar-refractivity contribution in [2.75, 3.05) is 13.2 Å². The highest BCUT2D eigenvalue weighted by Gasteiger charge is 2.59. The third-order valence-corrected chi connectivity index (χ3v) is 16.4. The topological polar surface area (TPSA) is 77.4 Å². The van der Waals surface area contributed by atoms with Crippen LogP contribution in [0.1, 0.15) is 183 Å². The van der Waals surface area contributed by atoms with Gasteiger partial charge in [-0.05, 0) is 165 Å². The molecule has 0 radical (unpaired) electrons. The third kappa shape index (κ3) is 12.7. The number of ether oxygens (including phenoxy) is 3. The first-order chi connectivity index (χ1) is 29.7. The summed E-state index contributed by atoms with van der Waals surface area (Å²) in [5, 5.41) is 10.7. The van der Waals surface area contributed by atoms with Gasteiger partial charge in [-0.2, -0.15) is 0 Å². The molecule has 3 fully saturated rings. The van der Waals surface area contributed by atoms with Crippen LogP contribution in [-0.4, -0.2) is 36.6 Å². The van der Waals surface area contributed by atoms with Crippen molar-refractivity contribution in [1.82, 2.24) is 0 Å². The van der Waals surface area contributed by atoms with Crippen LogP contribution in [-0.2, 0) is 9.53 Å². The van der Waals surface area contributed by atoms with Crippen molar-refractivity contribution in [1.29, 1.82) is 0 Å². The summed E-state index contributed by atoms with van der Waals surface area (Å²) in [7, 11) is 0. The van der Waals surface area contributed by atoms with Crippen molar-refractivity contribution in [3.63, 3.8) is 0 Å². The Bertz CT molecular complexity index is 1760. The fraction of sp³-hybridized carbons (Fsp3) is 0.714. The fourth-order valence-electron chi connectivity index (χ4n) is 12.6. The van der Waals surface area contributed by atoms with Gasteiger partial charge in [0.2, 0.25) is 0 Å². The second kappa shape index (κ2) is 22.6. The van der Waals surface area contributed by atoms with Gasteiger partial charge in [0.25, 0.3) is 0 Å². The standard InChI is InChI=1S/C56H85NO5/c1-39(2)14-12-16-41(5)31-35-61-46-24-21-45(22-25-46)57-38-43-19-23-47(37-53(43)58)60-34-11-9-10-18-54(59)62-48-29-32-55(7)44(36-48)20-26-49-51-28-27-50(42(6)17-13-15-40(3)4)56(51,8)33-30-52(49)55/h19-25,37-42,48-52,58H,9-18,26-36H2,1-8H3/t41?,42-,48+,49+,50-,51+,52+,55+,56-/m1/s1. The second-order valence-electron chi connectivity index (χ2n) is 21.8. The average molecular weight is 852 g/mol. The van der Waals surface area contributed by atoms with Crippen LogP contribution in [0, 0.1) is 58.2 Å². The molecule has 62 heavy (non-hydrogen) atoms. The molecule has 9 atom stereocenters. The highest BCUT2D eigenvalue weighted by molar-refractivity contribution is 5.85. The predicted molar refractivity (Wildman–Crippen MR) is 257 cm³/mol. The zero-order chi connectivity index (χ0) is 44.3. The van der Waals surface area contributed by atoms with Crippen molar-refractivity contribution < 1.29 is 24.1 Å². The van der Waals surface area contributed by atoms with Crippen LogP contribution in [0.5, 0.6) is 17.2 Å². The van der Waals surface area contributed by atoms with Crippen LogP contribution < -0.4 is 9.47 Å². The van der Waals surface area contributed by atoms with Crippen LogP contribution in [0.4, 0.5) is 5.69 Å². The molecular formula is C56H85NO5. The van der Waals surface area contributed by atoms with Crippen LogP contribution in [0.15, 0.2) is 59.1 Å². The Kier molecular flexibility index (Phi) is 17.5. The number of aromatic hydroxyl groups is 1. The second-order valence-corrected chi connectivity index (χ2v) is 21.8. The molecule has 3 saturated carbocycles. The van der Waals surface area contributed by atoms with E-state index in [2.05, 4.69) is 66.5 Å². The third-order valence-electron chi connectivity index (χ3n) is 16.4. The molecular weight excluding hydrogens is 767 g/mol. The molecule has 1 N–H and O–H groups in total. The van der Waals surface area contributed by atoms with E-state index in [1.54, 1.807) is 17.9 Å². The van der Waals surface area contributed by atoms with Gasteiger partial charge < -0.3 is 19.3 Å². The van der Waals surface area contributed by atoms with Gasteiger partial charge in [-0.1, -0.05) is 106 Å². The number of benzene rings is 2. The molecule has 2 aromatic rings. The van der Waals surface area contributed by atoms with Crippen LogP contribution in [0.25, 0.3) is 0 Å². The Morgan fingerprint density at radius 1 is 0.774 bits per heavy atom. The first-order valence-electron chi connectivity index (χ1n) is 25.4. The first-order valence-corrected chi connectivity index (χ1v) is 25.4. The normalized spacial score (nSPS) is 28.0. The molecule has 0 saturated heterocycles. The van der Waals surface area contributed by atoms with Crippen LogP contribution >= 0.6 is 0 Å². The predicted octanol–water partition coefficient (Wildman–Crippen LogP) is 15.3. The van der Waals surface area contributed by atoms with Crippen LogP contribution in [0.2, 0.25) is 0 Å². The van der Waals surface area contributed by atoms with Gasteiger partial charge in [0.05, 0.1) is 18.9 Å². The number of aliphatic imine (C=N–C) groups is 1. The lowest BCUT2D eigenvalue weighted by atomic mass is 9.47. The number of phenols is 1. The summed E-state index contributed by atoms with van der Waals surface area (Å²) in [4.78, 5) is 17.5. The molecule has 6 rings (SSSR count). The number of hydrogen-bond donors (Lipinski definition) is 1. The largest absolute Gasteiger partial charge is 0.507 e. The van der Waals surface area contributed by atoms with Gasteiger partial charge in [0, 0.05) is 30.7 Å². The number of fused-ring (bicyclic) bond motifs is 5. The summed E-state index contributed by atoms with van der Waals surface area (Å²) < 4.78 is 18.0. The van der Waals surface area contributed by atoms with E-state index < -0.39 is 0 Å². The van der Waals surface area contributed by atoms with Crippen molar-refractivity contribution >= 4 is 17.9 Å². The minimum absolute atomic E-state index is 0.0203. The minimum atomic E-state index is -0.0545. The molecule has 6 nitrogen and oxygen atoms in total. The van der Waals surface area contributed by atoms with Gasteiger partial charge in [0.1, 0.15) is 23.4 Å². The van der Waals surface area contributed by atoms with Crippen molar-refractivity contribution in [3.05, 3.63) is 59.7 Å². The van der Waals surface area contributed by atoms with E-state index in [0.717, 1.165) is 104 Å². The van der Waals surface area contributed by atoms with Crippen molar-refractivity contribution in [2.45, 2.75) is 183 Å². The van der Waals surface area contributed by atoms with E-state index in [-0.39, 0.29) is 23.2 Å². The van der Waals surface area contributed by atoms with E-state index in [1.807, 2.05) is 36.4 Å². The van der Waals surface area contributed by atoms with E-state index >= 15 is 0 Å². The average Bonchev–Trinajstić information content (AvgIpc) is 3.59. The summed E-state index contributed by atoms with van der Waals surface area (Å²) in [6.07, 6.45) is 26.3. The van der Waals surface area contributed by atoms with E-state index in [1.165, 1.54) is 70.6 Å². The number of carbonyl (C=O) groups excluding carboxylic acids is 1. The summed E-state index contributed by atoms with van der Waals surface area (Å²) in [6, 6.07) is 13.1. The van der Waals surface area contributed by atoms with E-state index in [4.69, 9.17) is 14.2 Å². The summed E-state index contributed by atoms with van der Waals surface area (Å²) in [5.74, 6) is 8.03. The maximum absolute atomic E-state index is 13.0. The van der Waals surface area contributed by atoms with E-state index in [9.17, 15) is 9.90 Å². The Morgan fingerprint density at radius 2 is 1.50 bits per heavy atom. The molecule has 4 aliphatic carbocycles. The summed E-state index contributed by atoms with van der Waals surface area (Å²) >= 11 is 0. The smallest absolute Gasteiger partial charge is 0.306 e. The number of hydrogen-bond acceptors (Lipinski definition) is 6. The molecule has 6 heteroatoms. The zero-order valence-electron chi connectivity index (χ0n) is 40.3. The molecule has 1 unspecified atom stereocenters. The zero-order valence-corrected chi connectivity index (χ0v) is 40.3. The number of unbranched alkanes of at least 4 members (excludes halogenated alkanes) is 2. The number of nitrogens with zero attached hydrogens (tertiary/aromatic N) is 1. The molecule has 0 amide bonds. The highest BCUT2D eigenvalue weighted by Crippen LogP contribution is 2.67. The van der Waals surface area contributed by atoms with Gasteiger partial charge in [-0.25, -0.2) is 0 Å². The molecule has 4 aliphatic rings. The Balaban J connectivity index is 0.856. The van der Waals surface area contributed by atoms with Gasteiger partial charge >= 0.3 is 5.97 Å². The molecule has 0 heterocycles. The lowest BCUT2D eigenvalue weighted by Crippen LogP contribution is -2.51. The molecule has 344 valence electrons. The highest BCUT2D eigenvalue weighted by atomic mass is 16.5. The molecule has 2 aromatic carbocycles. The summed E-state index contributed by atoms with van der Waals surface area (Å²) in [6.45, 7) is 20.7. The lowest BCUT2D eigenvalue weighted by molar-refractivity contribution is -0.151. The number of allylic oxidation sites excluding steroid dienone is 1. The molecule has 0 aromatic heterocycles. The van der Waals surface area contributed by atoms with Gasteiger partial charge in [-0.3, -0.25) is 9.79 Å². The lowest BCUT2D eigenvalue weighted by Gasteiger charge is -2.58. The maximum atomic E-state index is 13.0. The van der Waals surface area contributed by atoms with Gasteiger partial charge in [-0.15, -0.1) is 0 Å².